The molecular weight excluding hydrogens is 104 g/mol. The molecule has 0 aliphatic heterocycles. The second-order valence-electron chi connectivity index (χ2n) is 1.31. The molecule has 0 heterocycles. The number of amides is 2. The van der Waals surface area contributed by atoms with Crippen molar-refractivity contribution in [2.24, 2.45) is 5.73 Å². The van der Waals surface area contributed by atoms with Gasteiger partial charge in [0.2, 0.25) is 0 Å². The summed E-state index contributed by atoms with van der Waals surface area (Å²) in [6.07, 6.45) is 3.65. The van der Waals surface area contributed by atoms with Crippen LogP contribution in [0.15, 0.2) is 12.2 Å². The van der Waals surface area contributed by atoms with Crippen molar-refractivity contribution in [1.82, 2.24) is 5.32 Å². The fourth-order valence-corrected chi connectivity index (χ4v) is 0.277. The number of nitrogens with two attached hydrogens (primary N) is 1. The monoisotopic (exact) mass is 114 g/mol. The van der Waals surface area contributed by atoms with Crippen molar-refractivity contribution in [3.63, 3.8) is 0 Å². The Morgan fingerprint density at radius 2 is 2.50 bits per heavy atom. The number of urea groups is 1. The molecule has 0 saturated heterocycles. The number of rotatable bonds is 2. The van der Waals surface area contributed by atoms with Gasteiger partial charge in [0.1, 0.15) is 0 Å². The molecule has 0 saturated carbocycles. The lowest BCUT2D eigenvalue weighted by Crippen LogP contribution is -2.29. The summed E-state index contributed by atoms with van der Waals surface area (Å²) < 4.78 is 0. The second-order valence-corrected chi connectivity index (χ2v) is 1.31. The lowest BCUT2D eigenvalue weighted by Gasteiger charge is -1.91. The van der Waals surface area contributed by atoms with Gasteiger partial charge in [0, 0.05) is 6.54 Å². The van der Waals surface area contributed by atoms with E-state index in [1.54, 1.807) is 0 Å². The predicted octanol–water partition coefficient (Wildman–Crippen LogP) is 0.231. The van der Waals surface area contributed by atoms with Gasteiger partial charge in [0.05, 0.1) is 0 Å². The molecule has 0 radical (unpaired) electrons. The van der Waals surface area contributed by atoms with Crippen molar-refractivity contribution in [2.75, 3.05) is 6.54 Å². The van der Waals surface area contributed by atoms with E-state index >= 15 is 0 Å². The van der Waals surface area contributed by atoms with Gasteiger partial charge in [-0.15, -0.1) is 0 Å². The van der Waals surface area contributed by atoms with Crippen LogP contribution in [0, 0.1) is 0 Å². The lowest BCUT2D eigenvalue weighted by atomic mass is 10.5. The van der Waals surface area contributed by atoms with Gasteiger partial charge in [-0.3, -0.25) is 0 Å². The molecule has 3 heteroatoms. The number of carbonyl (C=O) groups excluding carboxylic acids is 1. The molecule has 0 aromatic rings. The molecule has 3 N–H and O–H groups in total. The topological polar surface area (TPSA) is 55.1 Å². The Bertz CT molecular complexity index is 98.6. The van der Waals surface area contributed by atoms with Gasteiger partial charge in [-0.1, -0.05) is 12.2 Å². The van der Waals surface area contributed by atoms with Gasteiger partial charge in [-0.2, -0.15) is 0 Å². The summed E-state index contributed by atoms with van der Waals surface area (Å²) in [6.45, 7) is 2.40. The number of carbonyl (C=O) groups is 1. The fourth-order valence-electron chi connectivity index (χ4n) is 0.277. The first-order valence-corrected chi connectivity index (χ1v) is 2.42. The molecule has 3 nitrogen and oxygen atoms in total. The summed E-state index contributed by atoms with van der Waals surface area (Å²) in [6, 6.07) is -0.483. The standard InChI is InChI=1S/C5H10N2O/c1-2-3-4-7-5(6)8/h2-3H,4H2,1H3,(H3,6,7,8). The normalized spacial score (nSPS) is 9.62. The molecule has 0 atom stereocenters. The Morgan fingerprint density at radius 1 is 1.88 bits per heavy atom. The molecule has 0 unspecified atom stereocenters. The molecule has 8 heavy (non-hydrogen) atoms. The lowest BCUT2D eigenvalue weighted by molar-refractivity contribution is 0.250. The molecule has 2 amide bonds. The van der Waals surface area contributed by atoms with E-state index in [0.29, 0.717) is 6.54 Å². The van der Waals surface area contributed by atoms with E-state index in [0.717, 1.165) is 0 Å². The number of allylic oxidation sites excluding steroid dienone is 1. The van der Waals surface area contributed by atoms with Gasteiger partial charge < -0.3 is 11.1 Å². The number of nitrogens with one attached hydrogen (secondary N) is 1. The Hall–Kier alpha value is -0.990. The predicted molar refractivity (Wildman–Crippen MR) is 32.4 cm³/mol. The van der Waals surface area contributed by atoms with E-state index in [9.17, 15) is 4.79 Å². The molecule has 0 aliphatic rings. The maximum atomic E-state index is 9.95. The highest BCUT2D eigenvalue weighted by Gasteiger charge is 1.82. The molecule has 0 bridgehead atoms. The van der Waals surface area contributed by atoms with Crippen LogP contribution in [0.2, 0.25) is 0 Å². The molecule has 0 aliphatic carbocycles. The summed E-state index contributed by atoms with van der Waals surface area (Å²) in [5.74, 6) is 0. The minimum atomic E-state index is -0.483. The first-order valence-electron chi connectivity index (χ1n) is 2.42. The zero-order chi connectivity index (χ0) is 6.41. The van der Waals surface area contributed by atoms with Crippen molar-refractivity contribution >= 4 is 6.03 Å². The van der Waals surface area contributed by atoms with Crippen molar-refractivity contribution in [3.8, 4) is 0 Å². The first-order chi connectivity index (χ1) is 3.77. The van der Waals surface area contributed by atoms with Crippen molar-refractivity contribution < 1.29 is 4.79 Å². The van der Waals surface area contributed by atoms with Gasteiger partial charge in [-0.25, -0.2) is 4.79 Å². The van der Waals surface area contributed by atoms with Crippen LogP contribution in [0.3, 0.4) is 0 Å². The first kappa shape index (κ1) is 7.01. The van der Waals surface area contributed by atoms with Crippen LogP contribution in [0.5, 0.6) is 0 Å². The van der Waals surface area contributed by atoms with E-state index in [1.165, 1.54) is 0 Å². The molecule has 0 spiro atoms. The highest BCUT2D eigenvalue weighted by atomic mass is 16.2. The van der Waals surface area contributed by atoms with Gasteiger partial charge in [-0.05, 0) is 6.92 Å². The van der Waals surface area contributed by atoms with Gasteiger partial charge in [0.15, 0.2) is 0 Å². The molecule has 0 aromatic carbocycles. The van der Waals surface area contributed by atoms with E-state index in [1.807, 2.05) is 19.1 Å². The number of hydrogen-bond acceptors (Lipinski definition) is 1. The van der Waals surface area contributed by atoms with Crippen LogP contribution >= 0.6 is 0 Å². The zero-order valence-electron chi connectivity index (χ0n) is 4.85. The second kappa shape index (κ2) is 4.18. The summed E-state index contributed by atoms with van der Waals surface area (Å²) in [5.41, 5.74) is 4.75. The van der Waals surface area contributed by atoms with E-state index in [2.05, 4.69) is 5.32 Å². The number of primary amides is 1. The minimum Gasteiger partial charge on any atom is -0.352 e. The highest BCUT2D eigenvalue weighted by Crippen LogP contribution is 1.64. The maximum Gasteiger partial charge on any atom is 0.312 e. The highest BCUT2D eigenvalue weighted by molar-refractivity contribution is 5.71. The Labute approximate surface area is 48.6 Å². The van der Waals surface area contributed by atoms with E-state index < -0.39 is 6.03 Å². The van der Waals surface area contributed by atoms with Gasteiger partial charge >= 0.3 is 6.03 Å². The SMILES string of the molecule is CC=CCNC(N)=O. The third kappa shape index (κ3) is 5.01. The molecule has 0 aromatic heterocycles. The van der Waals surface area contributed by atoms with Crippen LogP contribution in [0.1, 0.15) is 6.92 Å². The molecular formula is C5H10N2O. The molecule has 46 valence electrons. The summed E-state index contributed by atoms with van der Waals surface area (Å²) >= 11 is 0. The average Bonchev–Trinajstić information content (AvgIpc) is 1.66. The van der Waals surface area contributed by atoms with Gasteiger partial charge in [0.25, 0.3) is 0 Å². The Kier molecular flexibility index (Phi) is 3.66. The minimum absolute atomic E-state index is 0.483. The van der Waals surface area contributed by atoms with Crippen LogP contribution < -0.4 is 11.1 Å². The summed E-state index contributed by atoms with van der Waals surface area (Å²) in [7, 11) is 0. The number of hydrogen-bond donors (Lipinski definition) is 2. The smallest absolute Gasteiger partial charge is 0.312 e. The Morgan fingerprint density at radius 3 is 2.88 bits per heavy atom. The average molecular weight is 114 g/mol. The van der Waals surface area contributed by atoms with E-state index in [-0.39, 0.29) is 0 Å². The van der Waals surface area contributed by atoms with Crippen LogP contribution in [-0.2, 0) is 0 Å². The Balaban J connectivity index is 3.05. The van der Waals surface area contributed by atoms with Crippen LogP contribution in [-0.4, -0.2) is 12.6 Å². The van der Waals surface area contributed by atoms with Crippen LogP contribution in [0.4, 0.5) is 4.79 Å². The summed E-state index contributed by atoms with van der Waals surface area (Å²) in [4.78, 5) is 9.95. The quantitative estimate of drug-likeness (QED) is 0.496. The molecule has 0 rings (SSSR count). The van der Waals surface area contributed by atoms with Crippen molar-refractivity contribution in [3.05, 3.63) is 12.2 Å². The maximum absolute atomic E-state index is 9.95. The molecule has 0 fully saturated rings. The van der Waals surface area contributed by atoms with Crippen molar-refractivity contribution in [1.29, 1.82) is 0 Å². The third-order valence-electron chi connectivity index (χ3n) is 0.630. The third-order valence-corrected chi connectivity index (χ3v) is 0.630. The fraction of sp³-hybridized carbons (Fsp3) is 0.400. The zero-order valence-corrected chi connectivity index (χ0v) is 4.85. The van der Waals surface area contributed by atoms with Crippen LogP contribution in [0.25, 0.3) is 0 Å². The summed E-state index contributed by atoms with van der Waals surface area (Å²) in [5, 5.41) is 2.40. The van der Waals surface area contributed by atoms with E-state index in [4.69, 9.17) is 5.73 Å². The largest absolute Gasteiger partial charge is 0.352 e. The van der Waals surface area contributed by atoms with Crippen molar-refractivity contribution in [2.45, 2.75) is 6.92 Å².